The number of imide groups is 1. The molecule has 2 aromatic rings. The Kier molecular flexibility index (Phi) is 4.75. The Hall–Kier alpha value is -2.95. The lowest BCUT2D eigenvalue weighted by molar-refractivity contribution is -0.133. The third-order valence-corrected chi connectivity index (χ3v) is 5.34. The molecule has 2 aromatic carbocycles. The van der Waals surface area contributed by atoms with Crippen LogP contribution in [-0.4, -0.2) is 17.8 Å². The molecule has 5 heteroatoms. The van der Waals surface area contributed by atoms with Crippen molar-refractivity contribution in [2.75, 3.05) is 4.90 Å². The van der Waals surface area contributed by atoms with Crippen molar-refractivity contribution in [2.45, 2.75) is 32.1 Å². The summed E-state index contributed by atoms with van der Waals surface area (Å²) in [7, 11) is 0. The second-order valence-corrected chi connectivity index (χ2v) is 7.14. The van der Waals surface area contributed by atoms with Gasteiger partial charge in [-0.1, -0.05) is 49.2 Å². The minimum absolute atomic E-state index is 0.127. The smallest absolute Gasteiger partial charge is 0.315 e. The monoisotopic (exact) mass is 363 g/mol. The first-order valence-corrected chi connectivity index (χ1v) is 9.36. The molecule has 2 atom stereocenters. The number of hydrogen-bond acceptors (Lipinski definition) is 4. The molecule has 27 heavy (non-hydrogen) atoms. The molecule has 1 saturated heterocycles. The van der Waals surface area contributed by atoms with Crippen LogP contribution in [0.4, 0.5) is 5.69 Å². The second kappa shape index (κ2) is 7.35. The third-order valence-electron chi connectivity index (χ3n) is 5.34. The molecule has 2 unspecified atom stereocenters. The highest BCUT2D eigenvalue weighted by Gasteiger charge is 2.48. The fourth-order valence-corrected chi connectivity index (χ4v) is 4.03. The number of anilines is 1. The van der Waals surface area contributed by atoms with E-state index in [-0.39, 0.29) is 36.0 Å². The highest BCUT2D eigenvalue weighted by molar-refractivity contribution is 6.22. The zero-order valence-corrected chi connectivity index (χ0v) is 15.0. The van der Waals surface area contributed by atoms with E-state index >= 15 is 0 Å². The van der Waals surface area contributed by atoms with Crippen molar-refractivity contribution in [3.63, 3.8) is 0 Å². The van der Waals surface area contributed by atoms with E-state index in [9.17, 15) is 14.4 Å². The number of carbonyl (C=O) groups excluding carboxylic acids is 3. The summed E-state index contributed by atoms with van der Waals surface area (Å²) in [4.78, 5) is 38.9. The quantitative estimate of drug-likeness (QED) is 0.474. The van der Waals surface area contributed by atoms with Crippen molar-refractivity contribution in [1.29, 1.82) is 0 Å². The molecule has 1 aliphatic carbocycles. The van der Waals surface area contributed by atoms with Crippen molar-refractivity contribution in [2.24, 2.45) is 11.8 Å². The van der Waals surface area contributed by atoms with Crippen LogP contribution >= 0.6 is 0 Å². The zero-order valence-electron chi connectivity index (χ0n) is 15.0. The first kappa shape index (κ1) is 17.5. The van der Waals surface area contributed by atoms with Crippen LogP contribution in [0.25, 0.3) is 0 Å². The first-order chi connectivity index (χ1) is 13.1. The van der Waals surface area contributed by atoms with Crippen LogP contribution in [0.2, 0.25) is 0 Å². The topological polar surface area (TPSA) is 63.7 Å². The van der Waals surface area contributed by atoms with E-state index in [0.717, 1.165) is 31.2 Å². The Morgan fingerprint density at radius 1 is 0.926 bits per heavy atom. The number of fused-ring (bicyclic) bond motifs is 1. The molecule has 0 N–H and O–H groups in total. The SMILES string of the molecule is O=C(Cc1ccccc1)Oc1cccc(N2C(=O)C3CCCCC3C2=O)c1. The highest BCUT2D eigenvalue weighted by Crippen LogP contribution is 2.40. The number of ether oxygens (including phenoxy) is 1. The van der Waals surface area contributed by atoms with Gasteiger partial charge < -0.3 is 4.74 Å². The van der Waals surface area contributed by atoms with Gasteiger partial charge in [-0.15, -0.1) is 0 Å². The maximum atomic E-state index is 12.7. The van der Waals surface area contributed by atoms with Crippen LogP contribution in [0.15, 0.2) is 54.6 Å². The molecule has 1 heterocycles. The predicted molar refractivity (Wildman–Crippen MR) is 100 cm³/mol. The summed E-state index contributed by atoms with van der Waals surface area (Å²) in [6.45, 7) is 0. The van der Waals surface area contributed by atoms with Crippen molar-refractivity contribution >= 4 is 23.5 Å². The third kappa shape index (κ3) is 3.50. The molecule has 1 saturated carbocycles. The summed E-state index contributed by atoms with van der Waals surface area (Å²) in [5.74, 6) is -0.698. The molecular formula is C22H21NO4. The summed E-state index contributed by atoms with van der Waals surface area (Å²) < 4.78 is 5.42. The van der Waals surface area contributed by atoms with Crippen molar-refractivity contribution in [3.05, 3.63) is 60.2 Å². The van der Waals surface area contributed by atoms with Crippen LogP contribution in [-0.2, 0) is 20.8 Å². The van der Waals surface area contributed by atoms with E-state index < -0.39 is 0 Å². The molecule has 5 nitrogen and oxygen atoms in total. The van der Waals surface area contributed by atoms with Gasteiger partial charge in [0.25, 0.3) is 0 Å². The van der Waals surface area contributed by atoms with Crippen LogP contribution in [0.1, 0.15) is 31.2 Å². The van der Waals surface area contributed by atoms with Gasteiger partial charge in [-0.25, -0.2) is 4.90 Å². The fraction of sp³-hybridized carbons (Fsp3) is 0.318. The Balaban J connectivity index is 1.50. The summed E-state index contributed by atoms with van der Waals surface area (Å²) in [5.41, 5.74) is 1.34. The standard InChI is InChI=1S/C22H21NO4/c24-20(13-15-7-2-1-3-8-15)27-17-10-6-9-16(14-17)23-21(25)18-11-4-5-12-19(18)22(23)26/h1-3,6-10,14,18-19H,4-5,11-13H2. The first-order valence-electron chi connectivity index (χ1n) is 9.36. The lowest BCUT2D eigenvalue weighted by atomic mass is 9.81. The molecule has 0 bridgehead atoms. The Morgan fingerprint density at radius 2 is 1.59 bits per heavy atom. The van der Waals surface area contributed by atoms with Gasteiger partial charge in [0.1, 0.15) is 5.75 Å². The molecule has 2 aliphatic rings. The van der Waals surface area contributed by atoms with Gasteiger partial charge in [0.05, 0.1) is 23.9 Å². The number of carbonyl (C=O) groups is 3. The normalized spacial score (nSPS) is 21.9. The summed E-state index contributed by atoms with van der Waals surface area (Å²) in [6.07, 6.45) is 3.70. The number of nitrogens with zero attached hydrogens (tertiary/aromatic N) is 1. The Bertz CT molecular complexity index is 853. The van der Waals surface area contributed by atoms with E-state index in [4.69, 9.17) is 4.74 Å². The lowest BCUT2D eigenvalue weighted by Crippen LogP contribution is -2.30. The number of amides is 2. The molecule has 0 aromatic heterocycles. The summed E-state index contributed by atoms with van der Waals surface area (Å²) >= 11 is 0. The molecule has 2 amide bonds. The molecule has 1 aliphatic heterocycles. The minimum Gasteiger partial charge on any atom is -0.426 e. The summed E-state index contributed by atoms with van der Waals surface area (Å²) in [5, 5.41) is 0. The lowest BCUT2D eigenvalue weighted by Gasteiger charge is -2.19. The van der Waals surface area contributed by atoms with Crippen molar-refractivity contribution in [3.8, 4) is 5.75 Å². The van der Waals surface area contributed by atoms with Gasteiger partial charge in [-0.05, 0) is 30.5 Å². The fourth-order valence-electron chi connectivity index (χ4n) is 4.03. The van der Waals surface area contributed by atoms with Gasteiger partial charge in [0.2, 0.25) is 11.8 Å². The van der Waals surface area contributed by atoms with E-state index in [1.165, 1.54) is 4.90 Å². The zero-order chi connectivity index (χ0) is 18.8. The average Bonchev–Trinajstić information content (AvgIpc) is 2.94. The number of benzene rings is 2. The van der Waals surface area contributed by atoms with Crippen LogP contribution in [0.3, 0.4) is 0 Å². The molecule has 2 fully saturated rings. The molecule has 0 radical (unpaired) electrons. The number of esters is 1. The van der Waals surface area contributed by atoms with Crippen molar-refractivity contribution in [1.82, 2.24) is 0 Å². The van der Waals surface area contributed by atoms with Gasteiger partial charge in [-0.3, -0.25) is 14.4 Å². The second-order valence-electron chi connectivity index (χ2n) is 7.14. The average molecular weight is 363 g/mol. The van der Waals surface area contributed by atoms with E-state index in [0.29, 0.717) is 11.4 Å². The van der Waals surface area contributed by atoms with E-state index in [1.807, 2.05) is 30.3 Å². The van der Waals surface area contributed by atoms with Crippen LogP contribution in [0, 0.1) is 11.8 Å². The molecule has 0 spiro atoms. The van der Waals surface area contributed by atoms with Crippen LogP contribution < -0.4 is 9.64 Å². The van der Waals surface area contributed by atoms with Gasteiger partial charge in [0.15, 0.2) is 0 Å². The molecular weight excluding hydrogens is 342 g/mol. The largest absolute Gasteiger partial charge is 0.426 e. The minimum atomic E-state index is -0.383. The predicted octanol–water partition coefficient (Wildman–Crippen LogP) is 3.51. The number of rotatable bonds is 4. The molecule has 4 rings (SSSR count). The molecule has 138 valence electrons. The maximum absolute atomic E-state index is 12.7. The summed E-state index contributed by atoms with van der Waals surface area (Å²) in [6, 6.07) is 16.0. The van der Waals surface area contributed by atoms with Crippen molar-refractivity contribution < 1.29 is 19.1 Å². The van der Waals surface area contributed by atoms with E-state index in [2.05, 4.69) is 0 Å². The highest BCUT2D eigenvalue weighted by atomic mass is 16.5. The van der Waals surface area contributed by atoms with E-state index in [1.54, 1.807) is 24.3 Å². The Morgan fingerprint density at radius 3 is 2.26 bits per heavy atom. The number of hydrogen-bond donors (Lipinski definition) is 0. The van der Waals surface area contributed by atoms with Crippen LogP contribution in [0.5, 0.6) is 5.75 Å². The maximum Gasteiger partial charge on any atom is 0.315 e. The van der Waals surface area contributed by atoms with Gasteiger partial charge in [0, 0.05) is 6.07 Å². The Labute approximate surface area is 157 Å². The van der Waals surface area contributed by atoms with Gasteiger partial charge in [-0.2, -0.15) is 0 Å². The van der Waals surface area contributed by atoms with Gasteiger partial charge >= 0.3 is 5.97 Å².